The minimum atomic E-state index is -0.0355. The minimum Gasteiger partial charge on any atom is -0.339 e. The van der Waals surface area contributed by atoms with Gasteiger partial charge in [-0.25, -0.2) is 9.97 Å². The van der Waals surface area contributed by atoms with Crippen LogP contribution in [0.5, 0.6) is 0 Å². The molecule has 1 aromatic heterocycles. The molecule has 7 heteroatoms. The average molecular weight is 430 g/mol. The standard InChI is InChI=1S/C24H39N5O2/c1-7-21-15-28(17(4)5)14-18(6)29(21)24-25-12-20(13-26-24)23(31)27-10-8-19(9-11-27)22(30)16(2)3/h12-13,16-19,21H,7-11,14-15H2,1-6H3. The molecule has 2 atom stereocenters. The first-order chi connectivity index (χ1) is 14.7. The molecule has 2 saturated heterocycles. The summed E-state index contributed by atoms with van der Waals surface area (Å²) in [6.07, 6.45) is 5.87. The number of carbonyl (C=O) groups excluding carboxylic acids is 2. The van der Waals surface area contributed by atoms with E-state index in [9.17, 15) is 9.59 Å². The Balaban J connectivity index is 1.65. The fourth-order valence-corrected chi connectivity index (χ4v) is 4.91. The van der Waals surface area contributed by atoms with Gasteiger partial charge in [0.25, 0.3) is 5.91 Å². The van der Waals surface area contributed by atoms with Crippen LogP contribution in [0.4, 0.5) is 5.95 Å². The van der Waals surface area contributed by atoms with E-state index >= 15 is 0 Å². The van der Waals surface area contributed by atoms with Crippen LogP contribution >= 0.6 is 0 Å². The third kappa shape index (κ3) is 5.25. The van der Waals surface area contributed by atoms with Crippen LogP contribution < -0.4 is 4.90 Å². The quantitative estimate of drug-likeness (QED) is 0.691. The third-order valence-corrected chi connectivity index (χ3v) is 6.88. The molecule has 7 nitrogen and oxygen atoms in total. The molecule has 0 aliphatic carbocycles. The van der Waals surface area contributed by atoms with Crippen LogP contribution in [0.25, 0.3) is 0 Å². The normalized spacial score (nSPS) is 23.6. The maximum atomic E-state index is 12.9. The number of hydrogen-bond acceptors (Lipinski definition) is 6. The molecule has 1 aromatic rings. The van der Waals surface area contributed by atoms with E-state index in [0.717, 1.165) is 32.4 Å². The van der Waals surface area contributed by atoms with E-state index in [1.54, 1.807) is 12.4 Å². The Kier molecular flexibility index (Phi) is 7.68. The highest BCUT2D eigenvalue weighted by Gasteiger charge is 2.34. The average Bonchev–Trinajstić information content (AvgIpc) is 2.77. The summed E-state index contributed by atoms with van der Waals surface area (Å²) in [6.45, 7) is 16.1. The van der Waals surface area contributed by atoms with Crippen LogP contribution in [-0.4, -0.2) is 75.8 Å². The van der Waals surface area contributed by atoms with Crippen molar-refractivity contribution in [2.75, 3.05) is 31.1 Å². The minimum absolute atomic E-state index is 0.0355. The van der Waals surface area contributed by atoms with Crippen molar-refractivity contribution in [3.05, 3.63) is 18.0 Å². The number of amides is 1. The van der Waals surface area contributed by atoms with Gasteiger partial charge in [0.2, 0.25) is 5.95 Å². The molecule has 3 rings (SSSR count). The highest BCUT2D eigenvalue weighted by atomic mass is 16.2. The van der Waals surface area contributed by atoms with Gasteiger partial charge in [-0.1, -0.05) is 20.8 Å². The highest BCUT2D eigenvalue weighted by Crippen LogP contribution is 2.25. The molecule has 2 aliphatic heterocycles. The fourth-order valence-electron chi connectivity index (χ4n) is 4.91. The van der Waals surface area contributed by atoms with E-state index in [1.807, 2.05) is 18.7 Å². The summed E-state index contributed by atoms with van der Waals surface area (Å²) in [6, 6.07) is 1.21. The molecular formula is C24H39N5O2. The van der Waals surface area contributed by atoms with Crippen molar-refractivity contribution in [1.29, 1.82) is 0 Å². The monoisotopic (exact) mass is 429 g/mol. The molecular weight excluding hydrogens is 390 g/mol. The maximum absolute atomic E-state index is 12.9. The molecule has 0 N–H and O–H groups in total. The first-order valence-electron chi connectivity index (χ1n) is 11.9. The Morgan fingerprint density at radius 2 is 1.68 bits per heavy atom. The van der Waals surface area contributed by atoms with Gasteiger partial charge in [-0.3, -0.25) is 14.5 Å². The summed E-state index contributed by atoms with van der Waals surface area (Å²) >= 11 is 0. The number of ketones is 1. The van der Waals surface area contributed by atoms with Crippen molar-refractivity contribution < 1.29 is 9.59 Å². The summed E-state index contributed by atoms with van der Waals surface area (Å²) in [7, 11) is 0. The van der Waals surface area contributed by atoms with Crippen molar-refractivity contribution >= 4 is 17.6 Å². The van der Waals surface area contributed by atoms with Crippen LogP contribution in [0.3, 0.4) is 0 Å². The van der Waals surface area contributed by atoms with Gasteiger partial charge in [-0.15, -0.1) is 0 Å². The number of likely N-dealkylation sites (tertiary alicyclic amines) is 1. The van der Waals surface area contributed by atoms with Gasteiger partial charge < -0.3 is 9.80 Å². The lowest BCUT2D eigenvalue weighted by Crippen LogP contribution is -2.59. The lowest BCUT2D eigenvalue weighted by Gasteiger charge is -2.47. The molecule has 0 radical (unpaired) electrons. The zero-order chi connectivity index (χ0) is 22.7. The van der Waals surface area contributed by atoms with Gasteiger partial charge in [0.1, 0.15) is 5.78 Å². The molecule has 3 heterocycles. The van der Waals surface area contributed by atoms with Crippen LogP contribution in [0.1, 0.15) is 71.2 Å². The number of piperidine rings is 1. The summed E-state index contributed by atoms with van der Waals surface area (Å²) in [5.41, 5.74) is 0.527. The van der Waals surface area contributed by atoms with Gasteiger partial charge in [-0.2, -0.15) is 0 Å². The lowest BCUT2D eigenvalue weighted by molar-refractivity contribution is -0.127. The van der Waals surface area contributed by atoms with Gasteiger partial charge in [0, 0.05) is 68.5 Å². The predicted molar refractivity (Wildman–Crippen MR) is 123 cm³/mol. The molecule has 31 heavy (non-hydrogen) atoms. The first-order valence-corrected chi connectivity index (χ1v) is 11.9. The maximum Gasteiger partial charge on any atom is 0.256 e. The Labute approximate surface area is 187 Å². The number of piperazine rings is 1. The molecule has 1 amide bonds. The van der Waals surface area contributed by atoms with Crippen LogP contribution in [-0.2, 0) is 4.79 Å². The highest BCUT2D eigenvalue weighted by molar-refractivity contribution is 5.94. The molecule has 0 saturated carbocycles. The molecule has 0 spiro atoms. The van der Waals surface area contributed by atoms with Gasteiger partial charge in [0.05, 0.1) is 5.56 Å². The largest absolute Gasteiger partial charge is 0.339 e. The van der Waals surface area contributed by atoms with E-state index < -0.39 is 0 Å². The van der Waals surface area contributed by atoms with Crippen molar-refractivity contribution in [2.24, 2.45) is 11.8 Å². The summed E-state index contributed by atoms with van der Waals surface area (Å²) in [5, 5.41) is 0. The molecule has 2 fully saturated rings. The molecule has 0 aromatic carbocycles. The second-order valence-electron chi connectivity index (χ2n) is 9.76. The Hall–Kier alpha value is -2.02. The second-order valence-corrected chi connectivity index (χ2v) is 9.76. The number of aromatic nitrogens is 2. The lowest BCUT2D eigenvalue weighted by atomic mass is 9.87. The van der Waals surface area contributed by atoms with Crippen LogP contribution in [0.15, 0.2) is 12.4 Å². The fraction of sp³-hybridized carbons (Fsp3) is 0.750. The van der Waals surface area contributed by atoms with Gasteiger partial charge in [-0.05, 0) is 40.0 Å². The van der Waals surface area contributed by atoms with Crippen molar-refractivity contribution in [3.8, 4) is 0 Å². The first kappa shape index (κ1) is 23.6. The number of rotatable bonds is 6. The second kappa shape index (κ2) is 10.1. The van der Waals surface area contributed by atoms with E-state index in [-0.39, 0.29) is 17.7 Å². The van der Waals surface area contributed by atoms with Crippen molar-refractivity contribution in [2.45, 2.75) is 78.9 Å². The number of anilines is 1. The summed E-state index contributed by atoms with van der Waals surface area (Å²) < 4.78 is 0. The van der Waals surface area contributed by atoms with Crippen LogP contribution in [0, 0.1) is 11.8 Å². The number of nitrogens with zero attached hydrogens (tertiary/aromatic N) is 5. The predicted octanol–water partition coefficient (Wildman–Crippen LogP) is 3.25. The van der Waals surface area contributed by atoms with E-state index in [1.165, 1.54) is 0 Å². The van der Waals surface area contributed by atoms with Crippen molar-refractivity contribution in [3.63, 3.8) is 0 Å². The van der Waals surface area contributed by atoms with Gasteiger partial charge >= 0.3 is 0 Å². The molecule has 2 unspecified atom stereocenters. The SMILES string of the molecule is CCC1CN(C(C)C)CC(C)N1c1ncc(C(=O)N2CCC(C(=O)C(C)C)CC2)cn1. The zero-order valence-electron chi connectivity index (χ0n) is 20.0. The smallest absolute Gasteiger partial charge is 0.256 e. The summed E-state index contributed by atoms with van der Waals surface area (Å²) in [4.78, 5) is 41.0. The van der Waals surface area contributed by atoms with E-state index in [0.29, 0.717) is 48.5 Å². The van der Waals surface area contributed by atoms with Crippen molar-refractivity contribution in [1.82, 2.24) is 19.8 Å². The topological polar surface area (TPSA) is 69.6 Å². The van der Waals surface area contributed by atoms with Crippen LogP contribution in [0.2, 0.25) is 0 Å². The number of hydrogen-bond donors (Lipinski definition) is 0. The van der Waals surface area contributed by atoms with E-state index in [4.69, 9.17) is 0 Å². The van der Waals surface area contributed by atoms with Gasteiger partial charge in [0.15, 0.2) is 0 Å². The summed E-state index contributed by atoms with van der Waals surface area (Å²) in [5.74, 6) is 1.13. The zero-order valence-corrected chi connectivity index (χ0v) is 20.0. The molecule has 2 aliphatic rings. The van der Waals surface area contributed by atoms with E-state index in [2.05, 4.69) is 47.5 Å². The third-order valence-electron chi connectivity index (χ3n) is 6.88. The molecule has 0 bridgehead atoms. The Morgan fingerprint density at radius 3 is 2.19 bits per heavy atom. The molecule has 172 valence electrons. The Bertz CT molecular complexity index is 756. The number of carbonyl (C=O) groups is 2. The number of Topliss-reactive ketones (excluding diaryl/α,β-unsaturated/α-hetero) is 1. The Morgan fingerprint density at radius 1 is 1.06 bits per heavy atom.